The van der Waals surface area contributed by atoms with E-state index in [9.17, 15) is 4.79 Å². The third kappa shape index (κ3) is 3.02. The van der Waals surface area contributed by atoms with Crippen molar-refractivity contribution < 1.29 is 9.53 Å². The number of carbonyl (C=O) groups excluding carboxylic acids is 1. The molecule has 0 aromatic heterocycles. The number of nitrogens with zero attached hydrogens (tertiary/aromatic N) is 2. The summed E-state index contributed by atoms with van der Waals surface area (Å²) in [5.74, 6) is 0.177. The van der Waals surface area contributed by atoms with Gasteiger partial charge in [-0.25, -0.2) is 0 Å². The minimum Gasteiger partial charge on any atom is -0.378 e. The first-order valence-electron chi connectivity index (χ1n) is 6.87. The van der Waals surface area contributed by atoms with Crippen molar-refractivity contribution in [1.82, 2.24) is 15.1 Å². The zero-order chi connectivity index (χ0) is 13.1. The maximum absolute atomic E-state index is 12.4. The van der Waals surface area contributed by atoms with Crippen LogP contribution in [0.3, 0.4) is 0 Å². The fourth-order valence-corrected chi connectivity index (χ4v) is 2.77. The SMILES string of the molecule is CC1CC(N(C)C(=O)C2COCCN2)CCN1C. The van der Waals surface area contributed by atoms with E-state index in [-0.39, 0.29) is 11.9 Å². The molecule has 0 aromatic rings. The summed E-state index contributed by atoms with van der Waals surface area (Å²) in [6, 6.07) is 0.765. The molecule has 1 amide bonds. The Hall–Kier alpha value is -0.650. The van der Waals surface area contributed by atoms with Crippen molar-refractivity contribution >= 4 is 5.91 Å². The molecule has 5 heteroatoms. The molecule has 0 saturated carbocycles. The molecule has 0 radical (unpaired) electrons. The lowest BCUT2D eigenvalue weighted by atomic mass is 9.97. The van der Waals surface area contributed by atoms with E-state index in [0.717, 1.165) is 25.9 Å². The highest BCUT2D eigenvalue weighted by atomic mass is 16.5. The molecule has 1 N–H and O–H groups in total. The Morgan fingerprint density at radius 2 is 2.28 bits per heavy atom. The number of amides is 1. The van der Waals surface area contributed by atoms with Crippen LogP contribution in [0.15, 0.2) is 0 Å². The molecule has 0 spiro atoms. The van der Waals surface area contributed by atoms with E-state index in [1.54, 1.807) is 0 Å². The quantitative estimate of drug-likeness (QED) is 0.749. The molecule has 2 aliphatic rings. The van der Waals surface area contributed by atoms with Crippen molar-refractivity contribution in [2.24, 2.45) is 0 Å². The van der Waals surface area contributed by atoms with Crippen LogP contribution in [0.5, 0.6) is 0 Å². The Bertz CT molecular complexity index is 292. The number of hydrogen-bond donors (Lipinski definition) is 1. The molecule has 2 aliphatic heterocycles. The van der Waals surface area contributed by atoms with Crippen molar-refractivity contribution in [2.75, 3.05) is 40.4 Å². The largest absolute Gasteiger partial charge is 0.378 e. The summed E-state index contributed by atoms with van der Waals surface area (Å²) in [7, 11) is 4.08. The molecule has 2 heterocycles. The molecule has 2 saturated heterocycles. The number of nitrogens with one attached hydrogen (secondary N) is 1. The van der Waals surface area contributed by atoms with Crippen molar-refractivity contribution in [3.05, 3.63) is 0 Å². The van der Waals surface area contributed by atoms with Gasteiger partial charge in [-0.15, -0.1) is 0 Å². The van der Waals surface area contributed by atoms with E-state index in [2.05, 4.69) is 24.2 Å². The second kappa shape index (κ2) is 5.99. The van der Waals surface area contributed by atoms with E-state index < -0.39 is 0 Å². The topological polar surface area (TPSA) is 44.8 Å². The first-order valence-corrected chi connectivity index (χ1v) is 6.87. The average Bonchev–Trinajstić information content (AvgIpc) is 2.41. The number of hydrogen-bond acceptors (Lipinski definition) is 4. The van der Waals surface area contributed by atoms with E-state index in [4.69, 9.17) is 4.74 Å². The Morgan fingerprint density at radius 1 is 1.50 bits per heavy atom. The van der Waals surface area contributed by atoms with Crippen LogP contribution < -0.4 is 5.32 Å². The smallest absolute Gasteiger partial charge is 0.242 e. The highest BCUT2D eigenvalue weighted by Crippen LogP contribution is 2.20. The molecule has 0 bridgehead atoms. The van der Waals surface area contributed by atoms with Gasteiger partial charge in [-0.3, -0.25) is 4.79 Å². The lowest BCUT2D eigenvalue weighted by Crippen LogP contribution is -2.56. The Morgan fingerprint density at radius 3 is 2.89 bits per heavy atom. The van der Waals surface area contributed by atoms with Gasteiger partial charge in [0.2, 0.25) is 5.91 Å². The van der Waals surface area contributed by atoms with E-state index in [0.29, 0.717) is 25.3 Å². The molecule has 104 valence electrons. The highest BCUT2D eigenvalue weighted by molar-refractivity contribution is 5.82. The lowest BCUT2D eigenvalue weighted by Gasteiger charge is -2.40. The Kier molecular flexibility index (Phi) is 4.59. The van der Waals surface area contributed by atoms with Crippen molar-refractivity contribution in [1.29, 1.82) is 0 Å². The Labute approximate surface area is 109 Å². The summed E-state index contributed by atoms with van der Waals surface area (Å²) in [5, 5.41) is 3.23. The van der Waals surface area contributed by atoms with Crippen molar-refractivity contribution in [3.8, 4) is 0 Å². The predicted octanol–water partition coefficient (Wildman–Crippen LogP) is -0.0841. The fourth-order valence-electron chi connectivity index (χ4n) is 2.77. The van der Waals surface area contributed by atoms with Gasteiger partial charge in [-0.05, 0) is 26.8 Å². The minimum absolute atomic E-state index is 0.154. The van der Waals surface area contributed by atoms with Gasteiger partial charge in [0.05, 0.1) is 13.2 Å². The van der Waals surface area contributed by atoms with Crippen LogP contribution in [0.25, 0.3) is 0 Å². The second-order valence-corrected chi connectivity index (χ2v) is 5.54. The van der Waals surface area contributed by atoms with Crippen LogP contribution in [0.1, 0.15) is 19.8 Å². The van der Waals surface area contributed by atoms with Crippen LogP contribution in [0.2, 0.25) is 0 Å². The summed E-state index contributed by atoms with van der Waals surface area (Å²) >= 11 is 0. The lowest BCUT2D eigenvalue weighted by molar-refractivity contribution is -0.138. The maximum atomic E-state index is 12.4. The van der Waals surface area contributed by atoms with E-state index >= 15 is 0 Å². The summed E-state index contributed by atoms with van der Waals surface area (Å²) < 4.78 is 5.36. The fraction of sp³-hybridized carbons (Fsp3) is 0.923. The first kappa shape index (κ1) is 13.8. The van der Waals surface area contributed by atoms with Gasteiger partial charge >= 0.3 is 0 Å². The summed E-state index contributed by atoms with van der Waals surface area (Å²) in [6.45, 7) is 5.28. The first-order chi connectivity index (χ1) is 8.59. The third-order valence-electron chi connectivity index (χ3n) is 4.30. The normalized spacial score (nSPS) is 34.3. The van der Waals surface area contributed by atoms with Gasteiger partial charge in [0, 0.05) is 32.2 Å². The third-order valence-corrected chi connectivity index (χ3v) is 4.30. The van der Waals surface area contributed by atoms with E-state index in [1.807, 2.05) is 11.9 Å². The van der Waals surface area contributed by atoms with Crippen molar-refractivity contribution in [3.63, 3.8) is 0 Å². The van der Waals surface area contributed by atoms with Crippen LogP contribution in [0, 0.1) is 0 Å². The summed E-state index contributed by atoms with van der Waals surface area (Å²) in [4.78, 5) is 16.6. The van der Waals surface area contributed by atoms with Gasteiger partial charge in [0.1, 0.15) is 6.04 Å². The zero-order valence-corrected chi connectivity index (χ0v) is 11.7. The molecule has 3 atom stereocenters. The molecule has 0 aromatic carbocycles. The molecule has 0 aliphatic carbocycles. The number of morpholine rings is 1. The van der Waals surface area contributed by atoms with Crippen LogP contribution in [-0.4, -0.2) is 74.2 Å². The molecule has 5 nitrogen and oxygen atoms in total. The van der Waals surface area contributed by atoms with Crippen LogP contribution >= 0.6 is 0 Å². The standard InChI is InChI=1S/C13H25N3O2/c1-10-8-11(4-6-15(10)2)16(3)13(17)12-9-18-7-5-14-12/h10-12,14H,4-9H2,1-3H3. The number of ether oxygens (including phenoxy) is 1. The number of carbonyl (C=O) groups is 1. The predicted molar refractivity (Wildman–Crippen MR) is 70.5 cm³/mol. The number of rotatable bonds is 2. The summed E-state index contributed by atoms with van der Waals surface area (Å²) in [6.07, 6.45) is 2.13. The van der Waals surface area contributed by atoms with Gasteiger partial charge < -0.3 is 19.9 Å². The molecular formula is C13H25N3O2. The number of likely N-dealkylation sites (tertiary alicyclic amines) is 1. The van der Waals surface area contributed by atoms with Crippen LogP contribution in [-0.2, 0) is 9.53 Å². The van der Waals surface area contributed by atoms with Gasteiger partial charge in [-0.2, -0.15) is 0 Å². The summed E-state index contributed by atoms with van der Waals surface area (Å²) in [5.41, 5.74) is 0. The highest BCUT2D eigenvalue weighted by Gasteiger charge is 2.31. The van der Waals surface area contributed by atoms with Gasteiger partial charge in [0.15, 0.2) is 0 Å². The van der Waals surface area contributed by atoms with Gasteiger partial charge in [0.25, 0.3) is 0 Å². The molecular weight excluding hydrogens is 230 g/mol. The van der Waals surface area contributed by atoms with E-state index in [1.165, 1.54) is 0 Å². The van der Waals surface area contributed by atoms with Crippen LogP contribution in [0.4, 0.5) is 0 Å². The zero-order valence-electron chi connectivity index (χ0n) is 11.7. The minimum atomic E-state index is -0.154. The molecule has 2 rings (SSSR count). The molecule has 2 fully saturated rings. The number of piperidine rings is 1. The molecule has 18 heavy (non-hydrogen) atoms. The second-order valence-electron chi connectivity index (χ2n) is 5.54. The number of likely N-dealkylation sites (N-methyl/N-ethyl adjacent to an activating group) is 1. The monoisotopic (exact) mass is 255 g/mol. The average molecular weight is 255 g/mol. The van der Waals surface area contributed by atoms with Gasteiger partial charge in [-0.1, -0.05) is 0 Å². The molecule has 3 unspecified atom stereocenters. The maximum Gasteiger partial charge on any atom is 0.242 e. The Balaban J connectivity index is 1.89. The van der Waals surface area contributed by atoms with Crippen molar-refractivity contribution in [2.45, 2.75) is 37.9 Å².